The standard InChI is InChI=1S/C13H11Cl2FN2/c14-9-2-1-8(12(16)6-9)5-13(17)10-3-4-18-7-11(10)15/h1-4,6-7,13H,5,17H2. The zero-order valence-corrected chi connectivity index (χ0v) is 10.9. The summed E-state index contributed by atoms with van der Waals surface area (Å²) in [6.45, 7) is 0. The third-order valence-corrected chi connectivity index (χ3v) is 3.21. The number of halogens is 3. The van der Waals surface area contributed by atoms with Gasteiger partial charge in [-0.1, -0.05) is 29.3 Å². The molecule has 1 unspecified atom stereocenters. The molecule has 0 bridgehead atoms. The normalized spacial score (nSPS) is 12.4. The van der Waals surface area contributed by atoms with E-state index in [0.29, 0.717) is 22.0 Å². The molecule has 1 heterocycles. The number of pyridine rings is 1. The van der Waals surface area contributed by atoms with Crippen molar-refractivity contribution in [1.82, 2.24) is 4.98 Å². The summed E-state index contributed by atoms with van der Waals surface area (Å²) in [4.78, 5) is 3.88. The smallest absolute Gasteiger partial charge is 0.127 e. The van der Waals surface area contributed by atoms with Crippen molar-refractivity contribution in [3.63, 3.8) is 0 Å². The molecule has 0 fully saturated rings. The van der Waals surface area contributed by atoms with Gasteiger partial charge in [0.1, 0.15) is 5.82 Å². The van der Waals surface area contributed by atoms with Crippen LogP contribution >= 0.6 is 23.2 Å². The van der Waals surface area contributed by atoms with E-state index in [4.69, 9.17) is 28.9 Å². The van der Waals surface area contributed by atoms with Crippen LogP contribution in [0.5, 0.6) is 0 Å². The van der Waals surface area contributed by atoms with Gasteiger partial charge in [-0.25, -0.2) is 4.39 Å². The third-order valence-electron chi connectivity index (χ3n) is 2.66. The highest BCUT2D eigenvalue weighted by atomic mass is 35.5. The van der Waals surface area contributed by atoms with Gasteiger partial charge in [0.2, 0.25) is 0 Å². The van der Waals surface area contributed by atoms with Crippen molar-refractivity contribution >= 4 is 23.2 Å². The van der Waals surface area contributed by atoms with Gasteiger partial charge in [-0.05, 0) is 35.7 Å². The maximum atomic E-state index is 13.6. The summed E-state index contributed by atoms with van der Waals surface area (Å²) < 4.78 is 13.6. The van der Waals surface area contributed by atoms with Gasteiger partial charge in [-0.3, -0.25) is 4.98 Å². The molecule has 0 saturated carbocycles. The van der Waals surface area contributed by atoms with E-state index >= 15 is 0 Å². The van der Waals surface area contributed by atoms with Crippen molar-refractivity contribution < 1.29 is 4.39 Å². The van der Waals surface area contributed by atoms with Crippen molar-refractivity contribution in [2.24, 2.45) is 5.73 Å². The molecule has 0 radical (unpaired) electrons. The van der Waals surface area contributed by atoms with Crippen LogP contribution in [0.2, 0.25) is 10.0 Å². The van der Waals surface area contributed by atoms with Crippen molar-refractivity contribution in [3.8, 4) is 0 Å². The molecule has 2 nitrogen and oxygen atoms in total. The fraction of sp³-hybridized carbons (Fsp3) is 0.154. The number of hydrogen-bond donors (Lipinski definition) is 1. The van der Waals surface area contributed by atoms with E-state index in [1.54, 1.807) is 24.4 Å². The fourth-order valence-corrected chi connectivity index (χ4v) is 2.14. The highest BCUT2D eigenvalue weighted by molar-refractivity contribution is 6.31. The maximum Gasteiger partial charge on any atom is 0.127 e. The lowest BCUT2D eigenvalue weighted by molar-refractivity contribution is 0.593. The Labute approximate surface area is 115 Å². The largest absolute Gasteiger partial charge is 0.324 e. The number of benzene rings is 1. The predicted octanol–water partition coefficient (Wildman–Crippen LogP) is 3.77. The summed E-state index contributed by atoms with van der Waals surface area (Å²) in [6, 6.07) is 5.91. The Morgan fingerprint density at radius 3 is 2.72 bits per heavy atom. The van der Waals surface area contributed by atoms with Crippen LogP contribution in [0.15, 0.2) is 36.7 Å². The van der Waals surface area contributed by atoms with Gasteiger partial charge < -0.3 is 5.73 Å². The molecule has 1 aromatic carbocycles. The highest BCUT2D eigenvalue weighted by Crippen LogP contribution is 2.24. The molecule has 0 amide bonds. The Morgan fingerprint density at radius 1 is 1.28 bits per heavy atom. The van der Waals surface area contributed by atoms with E-state index in [1.165, 1.54) is 12.3 Å². The Morgan fingerprint density at radius 2 is 2.06 bits per heavy atom. The van der Waals surface area contributed by atoms with Gasteiger partial charge in [0, 0.05) is 23.5 Å². The number of nitrogens with zero attached hydrogens (tertiary/aromatic N) is 1. The van der Waals surface area contributed by atoms with Gasteiger partial charge in [0.15, 0.2) is 0 Å². The molecule has 2 N–H and O–H groups in total. The minimum absolute atomic E-state index is 0.354. The Bertz CT molecular complexity index is 560. The Hall–Kier alpha value is -1.16. The van der Waals surface area contributed by atoms with Crippen LogP contribution in [0.1, 0.15) is 17.2 Å². The molecule has 2 rings (SSSR count). The van der Waals surface area contributed by atoms with E-state index in [9.17, 15) is 4.39 Å². The first kappa shape index (κ1) is 13.3. The number of aromatic nitrogens is 1. The molecule has 1 aromatic heterocycles. The Balaban J connectivity index is 2.21. The maximum absolute atomic E-state index is 13.6. The molecule has 0 saturated heterocycles. The van der Waals surface area contributed by atoms with Gasteiger partial charge in [-0.15, -0.1) is 0 Å². The lowest BCUT2D eigenvalue weighted by Crippen LogP contribution is -2.14. The zero-order valence-electron chi connectivity index (χ0n) is 9.41. The second kappa shape index (κ2) is 5.65. The molecule has 2 aromatic rings. The molecule has 5 heteroatoms. The third kappa shape index (κ3) is 2.99. The van der Waals surface area contributed by atoms with Crippen molar-refractivity contribution in [2.45, 2.75) is 12.5 Å². The van der Waals surface area contributed by atoms with Crippen LogP contribution in [0.3, 0.4) is 0 Å². The number of hydrogen-bond acceptors (Lipinski definition) is 2. The zero-order chi connectivity index (χ0) is 13.1. The second-order valence-electron chi connectivity index (χ2n) is 3.94. The summed E-state index contributed by atoms with van der Waals surface area (Å²) >= 11 is 11.7. The van der Waals surface area contributed by atoms with E-state index in [2.05, 4.69) is 4.98 Å². The van der Waals surface area contributed by atoms with Crippen LogP contribution in [-0.2, 0) is 6.42 Å². The summed E-state index contributed by atoms with van der Waals surface area (Å²) in [6.07, 6.45) is 3.49. The first-order valence-corrected chi connectivity index (χ1v) is 6.12. The van der Waals surface area contributed by atoms with Gasteiger partial charge in [0.25, 0.3) is 0 Å². The van der Waals surface area contributed by atoms with Crippen LogP contribution in [0, 0.1) is 5.82 Å². The van der Waals surface area contributed by atoms with Crippen LogP contribution in [0.4, 0.5) is 4.39 Å². The number of rotatable bonds is 3. The molecule has 1 atom stereocenters. The average molecular weight is 285 g/mol. The summed E-state index contributed by atoms with van der Waals surface area (Å²) in [5.74, 6) is -0.358. The molecular weight excluding hydrogens is 274 g/mol. The summed E-state index contributed by atoms with van der Waals surface area (Å²) in [7, 11) is 0. The highest BCUT2D eigenvalue weighted by Gasteiger charge is 2.13. The molecule has 0 aliphatic heterocycles. The van der Waals surface area contributed by atoms with Gasteiger partial charge in [-0.2, -0.15) is 0 Å². The van der Waals surface area contributed by atoms with E-state index < -0.39 is 0 Å². The van der Waals surface area contributed by atoms with Gasteiger partial charge >= 0.3 is 0 Å². The fourth-order valence-electron chi connectivity index (χ4n) is 1.72. The quantitative estimate of drug-likeness (QED) is 0.932. The SMILES string of the molecule is NC(Cc1ccc(Cl)cc1F)c1ccncc1Cl. The lowest BCUT2D eigenvalue weighted by atomic mass is 10.0. The van der Waals surface area contributed by atoms with Crippen molar-refractivity contribution in [2.75, 3.05) is 0 Å². The van der Waals surface area contributed by atoms with Crippen molar-refractivity contribution in [3.05, 3.63) is 63.6 Å². The first-order chi connectivity index (χ1) is 8.58. The number of nitrogens with two attached hydrogens (primary N) is 1. The Kier molecular flexibility index (Phi) is 4.17. The molecule has 18 heavy (non-hydrogen) atoms. The summed E-state index contributed by atoms with van der Waals surface area (Å²) in [5.41, 5.74) is 7.29. The molecule has 0 aliphatic rings. The molecule has 94 valence electrons. The molecule has 0 aliphatic carbocycles. The average Bonchev–Trinajstić information content (AvgIpc) is 2.33. The first-order valence-electron chi connectivity index (χ1n) is 5.37. The molecular formula is C13H11Cl2FN2. The van der Waals surface area contributed by atoms with E-state index in [1.807, 2.05) is 0 Å². The van der Waals surface area contributed by atoms with Crippen molar-refractivity contribution in [1.29, 1.82) is 0 Å². The minimum atomic E-state index is -0.379. The topological polar surface area (TPSA) is 38.9 Å². The van der Waals surface area contributed by atoms with E-state index in [0.717, 1.165) is 5.56 Å². The second-order valence-corrected chi connectivity index (χ2v) is 4.79. The summed E-state index contributed by atoms with van der Waals surface area (Å²) in [5, 5.41) is 0.853. The minimum Gasteiger partial charge on any atom is -0.324 e. The van der Waals surface area contributed by atoms with Crippen LogP contribution in [0.25, 0.3) is 0 Å². The molecule has 0 spiro atoms. The van der Waals surface area contributed by atoms with E-state index in [-0.39, 0.29) is 11.9 Å². The predicted molar refractivity (Wildman–Crippen MR) is 71.3 cm³/mol. The van der Waals surface area contributed by atoms with Crippen LogP contribution < -0.4 is 5.73 Å². The lowest BCUT2D eigenvalue weighted by Gasteiger charge is -2.14. The monoisotopic (exact) mass is 284 g/mol. The van der Waals surface area contributed by atoms with Gasteiger partial charge in [0.05, 0.1) is 5.02 Å². The van der Waals surface area contributed by atoms with Crippen LogP contribution in [-0.4, -0.2) is 4.98 Å².